The number of carbonyl (C=O) groups excluding carboxylic acids is 2. The van der Waals surface area contributed by atoms with Crippen LogP contribution < -0.4 is 0 Å². The molecular weight excluding hydrogens is 486 g/mol. The molecule has 3 aliphatic heterocycles. The maximum atomic E-state index is 14.4. The van der Waals surface area contributed by atoms with Crippen LogP contribution in [0.1, 0.15) is 102 Å². The first-order valence-electron chi connectivity index (χ1n) is 15.5. The highest BCUT2D eigenvalue weighted by Crippen LogP contribution is 2.47. The van der Waals surface area contributed by atoms with Crippen LogP contribution in [0.25, 0.3) is 0 Å². The van der Waals surface area contributed by atoms with E-state index in [9.17, 15) is 9.59 Å². The van der Waals surface area contributed by atoms with Gasteiger partial charge in [0.05, 0.1) is 25.2 Å². The van der Waals surface area contributed by atoms with Crippen LogP contribution in [0.5, 0.6) is 0 Å². The normalized spacial score (nSPS) is 23.6. The zero-order valence-electron chi connectivity index (χ0n) is 23.7. The fraction of sp³-hybridized carbons (Fsp3) is 0.588. The van der Waals surface area contributed by atoms with Gasteiger partial charge in [0.15, 0.2) is 0 Å². The third-order valence-electron chi connectivity index (χ3n) is 9.68. The number of piperidine rings is 1. The molecule has 2 aromatic rings. The molecule has 2 aromatic carbocycles. The summed E-state index contributed by atoms with van der Waals surface area (Å²) in [6.07, 6.45) is 13.6. The van der Waals surface area contributed by atoms with E-state index in [1.165, 1.54) is 62.5 Å². The number of carbonyl (C=O) groups is 2. The minimum atomic E-state index is -1.61. The number of quaternary nitrogens is 1. The van der Waals surface area contributed by atoms with Crippen molar-refractivity contribution in [3.63, 3.8) is 0 Å². The zero-order chi connectivity index (χ0) is 27.1. The summed E-state index contributed by atoms with van der Waals surface area (Å²) in [5, 5.41) is 0. The van der Waals surface area contributed by atoms with E-state index in [1.807, 2.05) is 60.7 Å². The molecule has 2 atom stereocenters. The average molecular weight is 533 g/mol. The SMILES string of the molecule is CCCCCCCCC(=O)OC(C(=O)OC1CC2CCC(C1)[N+]21CCCC1)(c1ccccc1)c1ccccc1. The number of unbranched alkanes of at least 4 members (excludes halogenated alkanes) is 5. The van der Waals surface area contributed by atoms with Gasteiger partial charge in [-0.15, -0.1) is 0 Å². The topological polar surface area (TPSA) is 52.6 Å². The quantitative estimate of drug-likeness (QED) is 0.167. The van der Waals surface area contributed by atoms with Crippen molar-refractivity contribution in [2.75, 3.05) is 13.1 Å². The number of hydrogen-bond acceptors (Lipinski definition) is 4. The fourth-order valence-electron chi connectivity index (χ4n) is 7.72. The van der Waals surface area contributed by atoms with Crippen molar-refractivity contribution in [1.82, 2.24) is 0 Å². The van der Waals surface area contributed by atoms with Crippen LogP contribution in [-0.2, 0) is 24.7 Å². The summed E-state index contributed by atoms with van der Waals surface area (Å²) in [7, 11) is 0. The summed E-state index contributed by atoms with van der Waals surface area (Å²) in [4.78, 5) is 27.7. The van der Waals surface area contributed by atoms with Gasteiger partial charge in [-0.05, 0) is 6.42 Å². The minimum Gasteiger partial charge on any atom is -0.458 e. The van der Waals surface area contributed by atoms with Crippen LogP contribution in [0, 0.1) is 0 Å². The van der Waals surface area contributed by atoms with E-state index in [1.54, 1.807) is 0 Å². The largest absolute Gasteiger partial charge is 0.458 e. The van der Waals surface area contributed by atoms with Gasteiger partial charge in [-0.25, -0.2) is 4.79 Å². The molecule has 0 aliphatic carbocycles. The molecule has 3 saturated heterocycles. The lowest BCUT2D eigenvalue weighted by atomic mass is 9.85. The lowest BCUT2D eigenvalue weighted by Gasteiger charge is -2.47. The van der Waals surface area contributed by atoms with E-state index in [-0.39, 0.29) is 12.1 Å². The second kappa shape index (κ2) is 12.7. The van der Waals surface area contributed by atoms with E-state index < -0.39 is 11.6 Å². The van der Waals surface area contributed by atoms with Crippen molar-refractivity contribution in [2.24, 2.45) is 0 Å². The number of nitrogens with zero attached hydrogens (tertiary/aromatic N) is 1. The molecule has 5 nitrogen and oxygen atoms in total. The molecule has 0 saturated carbocycles. The smallest absolute Gasteiger partial charge is 0.360 e. The first-order chi connectivity index (χ1) is 19.1. The molecule has 39 heavy (non-hydrogen) atoms. The van der Waals surface area contributed by atoms with Gasteiger partial charge in [0.25, 0.3) is 5.60 Å². The highest BCUT2D eigenvalue weighted by atomic mass is 16.6. The maximum absolute atomic E-state index is 14.4. The monoisotopic (exact) mass is 532 g/mol. The Morgan fingerprint density at radius 1 is 0.795 bits per heavy atom. The summed E-state index contributed by atoms with van der Waals surface area (Å²) < 4.78 is 13.9. The Morgan fingerprint density at radius 2 is 1.33 bits per heavy atom. The Morgan fingerprint density at radius 3 is 1.90 bits per heavy atom. The van der Waals surface area contributed by atoms with E-state index in [4.69, 9.17) is 9.47 Å². The standard InChI is InChI=1S/C34H46NO4/c1-2-3-4-5-6-13-20-32(36)39-34(27-16-9-7-10-17-27,28-18-11-8-12-19-28)33(37)38-31-25-29-21-22-30(26-31)35(29)23-14-15-24-35/h7-12,16-19,29-31H,2-6,13-15,20-26H2,1H3/q+1. The highest BCUT2D eigenvalue weighted by Gasteiger charge is 2.57. The lowest BCUT2D eigenvalue weighted by Crippen LogP contribution is -2.60. The predicted octanol–water partition coefficient (Wildman–Crippen LogP) is 7.07. The maximum Gasteiger partial charge on any atom is 0.360 e. The number of rotatable bonds is 12. The molecule has 5 heteroatoms. The number of hydrogen-bond donors (Lipinski definition) is 0. The van der Waals surface area contributed by atoms with E-state index in [2.05, 4.69) is 6.92 Å². The molecular formula is C34H46NO4+. The van der Waals surface area contributed by atoms with Gasteiger partial charge in [-0.3, -0.25) is 4.79 Å². The van der Waals surface area contributed by atoms with Crippen LogP contribution >= 0.6 is 0 Å². The fourth-order valence-corrected chi connectivity index (χ4v) is 7.72. The van der Waals surface area contributed by atoms with Crippen LogP contribution in [0.4, 0.5) is 0 Å². The summed E-state index contributed by atoms with van der Waals surface area (Å²) >= 11 is 0. The van der Waals surface area contributed by atoms with E-state index >= 15 is 0 Å². The molecule has 0 radical (unpaired) electrons. The molecule has 2 bridgehead atoms. The van der Waals surface area contributed by atoms with Crippen molar-refractivity contribution in [2.45, 2.75) is 114 Å². The molecule has 0 amide bonds. The van der Waals surface area contributed by atoms with Gasteiger partial charge < -0.3 is 14.0 Å². The van der Waals surface area contributed by atoms with Crippen LogP contribution in [0.2, 0.25) is 0 Å². The second-order valence-corrected chi connectivity index (χ2v) is 12.0. The van der Waals surface area contributed by atoms with Gasteiger partial charge in [0, 0.05) is 56.1 Å². The molecule has 2 unspecified atom stereocenters. The predicted molar refractivity (Wildman–Crippen MR) is 153 cm³/mol. The Balaban J connectivity index is 1.37. The summed E-state index contributed by atoms with van der Waals surface area (Å²) in [6, 6.07) is 20.1. The van der Waals surface area contributed by atoms with E-state index in [0.717, 1.165) is 32.1 Å². The molecule has 210 valence electrons. The number of ether oxygens (including phenoxy) is 2. The van der Waals surface area contributed by atoms with Crippen LogP contribution in [0.3, 0.4) is 0 Å². The molecule has 3 aliphatic rings. The van der Waals surface area contributed by atoms with Gasteiger partial charge in [-0.2, -0.15) is 0 Å². The van der Waals surface area contributed by atoms with E-state index in [0.29, 0.717) is 29.6 Å². The lowest BCUT2D eigenvalue weighted by molar-refractivity contribution is -0.956. The second-order valence-electron chi connectivity index (χ2n) is 12.0. The highest BCUT2D eigenvalue weighted by molar-refractivity contribution is 5.89. The molecule has 0 N–H and O–H groups in total. The summed E-state index contributed by atoms with van der Waals surface area (Å²) in [5.41, 5.74) is -0.336. The first-order valence-corrected chi connectivity index (χ1v) is 15.5. The summed E-state index contributed by atoms with van der Waals surface area (Å²) in [5.74, 6) is -0.809. The van der Waals surface area contributed by atoms with Crippen molar-refractivity contribution in [3.05, 3.63) is 71.8 Å². The molecule has 3 heterocycles. The third kappa shape index (κ3) is 5.79. The van der Waals surface area contributed by atoms with Crippen molar-refractivity contribution in [3.8, 4) is 0 Å². The third-order valence-corrected chi connectivity index (χ3v) is 9.68. The Hall–Kier alpha value is -2.66. The Bertz CT molecular complexity index is 1020. The first kappa shape index (κ1) is 27.9. The van der Waals surface area contributed by atoms with Crippen molar-refractivity contribution < 1.29 is 23.5 Å². The summed E-state index contributed by atoms with van der Waals surface area (Å²) in [6.45, 7) is 4.77. The molecule has 1 spiro atoms. The zero-order valence-corrected chi connectivity index (χ0v) is 23.7. The Kier molecular flexibility index (Phi) is 9.06. The minimum absolute atomic E-state index is 0.136. The van der Waals surface area contributed by atoms with Crippen molar-refractivity contribution >= 4 is 11.9 Å². The van der Waals surface area contributed by atoms with Gasteiger partial charge in [-0.1, -0.05) is 99.7 Å². The Labute approximate surface area is 234 Å². The van der Waals surface area contributed by atoms with Crippen LogP contribution in [-0.4, -0.2) is 47.7 Å². The van der Waals surface area contributed by atoms with Gasteiger partial charge in [0.2, 0.25) is 0 Å². The number of benzene rings is 2. The van der Waals surface area contributed by atoms with Gasteiger partial charge in [0.1, 0.15) is 6.10 Å². The molecule has 0 aromatic heterocycles. The number of esters is 2. The molecule has 5 rings (SSSR count). The molecule has 3 fully saturated rings. The van der Waals surface area contributed by atoms with Crippen LogP contribution in [0.15, 0.2) is 60.7 Å². The average Bonchev–Trinajstić information content (AvgIpc) is 3.51. The van der Waals surface area contributed by atoms with Crippen molar-refractivity contribution in [1.29, 1.82) is 0 Å². The van der Waals surface area contributed by atoms with Gasteiger partial charge >= 0.3 is 11.9 Å².